The number of nitrogens with zero attached hydrogens (tertiary/aromatic N) is 2. The lowest BCUT2D eigenvalue weighted by Crippen LogP contribution is -1.96. The van der Waals surface area contributed by atoms with Crippen LogP contribution in [0.15, 0.2) is 12.1 Å². The van der Waals surface area contributed by atoms with Gasteiger partial charge in [-0.15, -0.1) is 0 Å². The Kier molecular flexibility index (Phi) is 3.47. The van der Waals surface area contributed by atoms with Crippen LogP contribution < -0.4 is 4.74 Å². The second-order valence-corrected chi connectivity index (χ2v) is 3.38. The number of diazo groups is 1. The van der Waals surface area contributed by atoms with Crippen molar-refractivity contribution in [1.29, 1.82) is 5.39 Å². The summed E-state index contributed by atoms with van der Waals surface area (Å²) in [4.78, 5) is 3.24. The lowest BCUT2D eigenvalue weighted by molar-refractivity contribution is 0.319. The molecule has 1 aromatic carbocycles. The minimum atomic E-state index is 0.532. The highest BCUT2D eigenvalue weighted by Gasteiger charge is 2.19. The van der Waals surface area contributed by atoms with E-state index in [-0.39, 0.29) is 0 Å². The molecule has 0 bridgehead atoms. The predicted octanol–water partition coefficient (Wildman–Crippen LogP) is 3.58. The molecule has 0 aliphatic rings. The molecule has 0 aliphatic heterocycles. The van der Waals surface area contributed by atoms with Crippen molar-refractivity contribution in [3.63, 3.8) is 0 Å². The Bertz CT molecular complexity index is 366. The maximum atomic E-state index is 8.83. The molecule has 0 atom stereocenters. The second-order valence-electron chi connectivity index (χ2n) is 3.38. The highest BCUT2D eigenvalue weighted by atomic mass is 16.5. The van der Waals surface area contributed by atoms with Gasteiger partial charge in [0.25, 0.3) is 0 Å². The average molecular weight is 191 g/mol. The van der Waals surface area contributed by atoms with Gasteiger partial charge in [-0.3, -0.25) is 0 Å². The van der Waals surface area contributed by atoms with E-state index in [0.717, 1.165) is 17.5 Å². The molecular formula is C11H15N2O+. The lowest BCUT2D eigenvalue weighted by atomic mass is 10.1. The zero-order valence-corrected chi connectivity index (χ0v) is 8.87. The Morgan fingerprint density at radius 1 is 1.36 bits per heavy atom. The van der Waals surface area contributed by atoms with E-state index in [4.69, 9.17) is 10.1 Å². The van der Waals surface area contributed by atoms with Gasteiger partial charge in [-0.05, 0) is 38.0 Å². The normalized spacial score (nSPS) is 9.57. The largest absolute Gasteiger partial charge is 0.486 e. The summed E-state index contributed by atoms with van der Waals surface area (Å²) in [7, 11) is 0. The first-order valence-corrected chi connectivity index (χ1v) is 4.78. The van der Waals surface area contributed by atoms with Crippen LogP contribution in [-0.4, -0.2) is 6.61 Å². The van der Waals surface area contributed by atoms with Gasteiger partial charge in [0.15, 0.2) is 4.98 Å². The second kappa shape index (κ2) is 4.61. The lowest BCUT2D eigenvalue weighted by Gasteiger charge is -2.03. The van der Waals surface area contributed by atoms with Gasteiger partial charge in [-0.25, -0.2) is 0 Å². The van der Waals surface area contributed by atoms with Crippen molar-refractivity contribution in [2.24, 2.45) is 0 Å². The molecule has 0 spiro atoms. The number of ether oxygens (including phenoxy) is 1. The van der Waals surface area contributed by atoms with Gasteiger partial charge >= 0.3 is 5.69 Å². The van der Waals surface area contributed by atoms with Crippen LogP contribution in [0.4, 0.5) is 5.69 Å². The summed E-state index contributed by atoms with van der Waals surface area (Å²) in [6.07, 6.45) is 0.942. The Balaban J connectivity index is 3.07. The molecular weight excluding hydrogens is 176 g/mol. The molecule has 0 saturated carbocycles. The highest BCUT2D eigenvalue weighted by molar-refractivity contribution is 5.63. The fourth-order valence-electron chi connectivity index (χ4n) is 1.37. The molecule has 0 heterocycles. The molecule has 3 heteroatoms. The minimum absolute atomic E-state index is 0.532. The van der Waals surface area contributed by atoms with Crippen LogP contribution in [0.3, 0.4) is 0 Å². The Hall–Kier alpha value is -1.56. The third-order valence-electron chi connectivity index (χ3n) is 1.97. The fourth-order valence-corrected chi connectivity index (χ4v) is 1.37. The summed E-state index contributed by atoms with van der Waals surface area (Å²) in [5, 5.41) is 8.83. The van der Waals surface area contributed by atoms with Crippen molar-refractivity contribution in [3.8, 4) is 5.75 Å². The monoisotopic (exact) mass is 191 g/mol. The first kappa shape index (κ1) is 10.5. The standard InChI is InChI=1S/C11H15N2O/c1-4-5-14-10-7-8(2)6-9(3)11(10)13-12/h6-7H,4-5H2,1-3H3/q+1. The van der Waals surface area contributed by atoms with Gasteiger partial charge < -0.3 is 4.74 Å². The third kappa shape index (κ3) is 2.23. The maximum absolute atomic E-state index is 8.83. The van der Waals surface area contributed by atoms with Crippen molar-refractivity contribution >= 4 is 5.69 Å². The van der Waals surface area contributed by atoms with Crippen molar-refractivity contribution in [3.05, 3.63) is 28.2 Å². The van der Waals surface area contributed by atoms with Gasteiger partial charge in [0.1, 0.15) is 0 Å². The van der Waals surface area contributed by atoms with Crippen LogP contribution in [-0.2, 0) is 0 Å². The van der Waals surface area contributed by atoms with Crippen LogP contribution in [0, 0.1) is 19.2 Å². The number of hydrogen-bond acceptors (Lipinski definition) is 2. The van der Waals surface area contributed by atoms with Gasteiger partial charge in [-0.2, -0.15) is 0 Å². The fraction of sp³-hybridized carbons (Fsp3) is 0.455. The summed E-state index contributed by atoms with van der Waals surface area (Å²) in [6.45, 7) is 6.58. The zero-order chi connectivity index (χ0) is 10.6. The summed E-state index contributed by atoms with van der Waals surface area (Å²) in [5.74, 6) is 0.659. The van der Waals surface area contributed by atoms with Gasteiger partial charge in [0.2, 0.25) is 11.1 Å². The highest BCUT2D eigenvalue weighted by Crippen LogP contribution is 2.32. The molecule has 0 amide bonds. The summed E-state index contributed by atoms with van der Waals surface area (Å²) >= 11 is 0. The number of hydrogen-bond donors (Lipinski definition) is 0. The van der Waals surface area contributed by atoms with Gasteiger partial charge in [0.05, 0.1) is 6.61 Å². The number of rotatable bonds is 3. The minimum Gasteiger partial charge on any atom is -0.486 e. The van der Waals surface area contributed by atoms with E-state index in [9.17, 15) is 0 Å². The molecule has 0 unspecified atom stereocenters. The summed E-state index contributed by atoms with van der Waals surface area (Å²) in [5.41, 5.74) is 2.57. The van der Waals surface area contributed by atoms with Crippen LogP contribution >= 0.6 is 0 Å². The summed E-state index contributed by atoms with van der Waals surface area (Å²) < 4.78 is 5.49. The van der Waals surface area contributed by atoms with E-state index < -0.39 is 0 Å². The Labute approximate surface area is 84.3 Å². The summed E-state index contributed by atoms with van der Waals surface area (Å²) in [6, 6.07) is 3.85. The number of aryl methyl sites for hydroxylation is 2. The van der Waals surface area contributed by atoms with Gasteiger partial charge in [-0.1, -0.05) is 6.92 Å². The first-order chi connectivity index (χ1) is 6.69. The van der Waals surface area contributed by atoms with E-state index in [2.05, 4.69) is 4.98 Å². The smallest absolute Gasteiger partial charge is 0.429 e. The van der Waals surface area contributed by atoms with Crippen LogP contribution in [0.1, 0.15) is 24.5 Å². The predicted molar refractivity (Wildman–Crippen MR) is 56.4 cm³/mol. The molecule has 0 aliphatic carbocycles. The molecule has 3 nitrogen and oxygen atoms in total. The van der Waals surface area contributed by atoms with Crippen LogP contribution in [0.2, 0.25) is 0 Å². The van der Waals surface area contributed by atoms with E-state index in [1.54, 1.807) is 0 Å². The Morgan fingerprint density at radius 3 is 2.64 bits per heavy atom. The number of benzene rings is 1. The van der Waals surface area contributed by atoms with Crippen LogP contribution in [0.25, 0.3) is 4.98 Å². The molecule has 0 fully saturated rings. The molecule has 1 aromatic rings. The Morgan fingerprint density at radius 2 is 2.07 bits per heavy atom. The molecule has 14 heavy (non-hydrogen) atoms. The molecule has 0 radical (unpaired) electrons. The molecule has 0 saturated heterocycles. The molecule has 0 N–H and O–H groups in total. The third-order valence-corrected chi connectivity index (χ3v) is 1.97. The van der Waals surface area contributed by atoms with Crippen molar-refractivity contribution in [1.82, 2.24) is 0 Å². The molecule has 74 valence electrons. The van der Waals surface area contributed by atoms with E-state index in [1.807, 2.05) is 32.9 Å². The zero-order valence-electron chi connectivity index (χ0n) is 8.87. The van der Waals surface area contributed by atoms with Crippen molar-refractivity contribution < 1.29 is 4.74 Å². The molecule has 0 aromatic heterocycles. The quantitative estimate of drug-likeness (QED) is 0.685. The molecule has 1 rings (SSSR count). The maximum Gasteiger partial charge on any atom is 0.429 e. The van der Waals surface area contributed by atoms with Crippen molar-refractivity contribution in [2.75, 3.05) is 6.61 Å². The van der Waals surface area contributed by atoms with Crippen molar-refractivity contribution in [2.45, 2.75) is 27.2 Å². The first-order valence-electron chi connectivity index (χ1n) is 4.78. The van der Waals surface area contributed by atoms with Crippen LogP contribution in [0.5, 0.6) is 5.75 Å². The van der Waals surface area contributed by atoms with E-state index >= 15 is 0 Å². The van der Waals surface area contributed by atoms with Gasteiger partial charge in [0, 0.05) is 5.56 Å². The SMILES string of the molecule is CCCOc1cc(C)cc(C)c1[N+]#N. The topological polar surface area (TPSA) is 37.4 Å². The average Bonchev–Trinajstić information content (AvgIpc) is 2.14. The van der Waals surface area contributed by atoms with E-state index in [1.165, 1.54) is 0 Å². The van der Waals surface area contributed by atoms with E-state index in [0.29, 0.717) is 18.0 Å².